The van der Waals surface area contributed by atoms with Crippen LogP contribution < -0.4 is 17.2 Å². The number of carbonyl (C=O) groups excluding carboxylic acids is 6. The second-order valence-electron chi connectivity index (χ2n) is 22.4. The summed E-state index contributed by atoms with van der Waals surface area (Å²) in [4.78, 5) is 68.7. The van der Waals surface area contributed by atoms with Gasteiger partial charge in [-0.15, -0.1) is 0 Å². The van der Waals surface area contributed by atoms with E-state index in [1.165, 1.54) is 46.7 Å². The van der Waals surface area contributed by atoms with Crippen LogP contribution in [0.4, 0.5) is 0 Å². The number of hydrogen-bond acceptors (Lipinski definition) is 6. The summed E-state index contributed by atoms with van der Waals surface area (Å²) in [5.74, 6) is 0.772. The van der Waals surface area contributed by atoms with E-state index in [0.29, 0.717) is 17.8 Å². The number of benzene rings is 3. The van der Waals surface area contributed by atoms with Gasteiger partial charge in [-0.1, -0.05) is 124 Å². The Morgan fingerprint density at radius 1 is 0.479 bits per heavy atom. The predicted molar refractivity (Wildman–Crippen MR) is 295 cm³/mol. The monoisotopic (exact) mass is 1020 g/mol. The topological polar surface area (TPSA) is 212 Å². The van der Waals surface area contributed by atoms with Crippen LogP contribution in [0.3, 0.4) is 0 Å². The minimum Gasteiger partial charge on any atom is -0.412 e. The minimum atomic E-state index is -0.413. The molecule has 0 aliphatic heterocycles. The van der Waals surface area contributed by atoms with Gasteiger partial charge in [-0.05, 0) is 182 Å². The van der Waals surface area contributed by atoms with Crippen LogP contribution in [0.25, 0.3) is 0 Å². The Bertz CT molecular complexity index is 2340. The molecule has 0 bridgehead atoms. The maximum Gasteiger partial charge on any atom is 0.223 e. The number of primary amides is 3. The van der Waals surface area contributed by atoms with Gasteiger partial charge in [0.2, 0.25) is 23.0 Å². The van der Waals surface area contributed by atoms with Crippen molar-refractivity contribution in [1.29, 1.82) is 0 Å². The van der Waals surface area contributed by atoms with Crippen molar-refractivity contribution in [3.8, 4) is 0 Å². The Balaban J connectivity index is 0.000000343. The number of carbonyl (C=O) groups is 6. The zero-order valence-electron chi connectivity index (χ0n) is 42.9. The van der Waals surface area contributed by atoms with E-state index in [-0.39, 0.29) is 86.4 Å². The number of Topliss-reactive ketones (excluding diaryl/α,β-unsaturated/α-hetero) is 2. The number of amides is 3. The summed E-state index contributed by atoms with van der Waals surface area (Å²) in [6.45, 7) is 17.6. The molecule has 0 radical (unpaired) electrons. The number of ketones is 2. The smallest absolute Gasteiger partial charge is 0.223 e. The zero-order valence-corrected chi connectivity index (χ0v) is 45.0. The first kappa shape index (κ1) is 62.9. The first-order valence-electron chi connectivity index (χ1n) is 24.7. The highest BCUT2D eigenvalue weighted by molar-refractivity contribution is 6.92. The van der Waals surface area contributed by atoms with Gasteiger partial charge in [0.05, 0.1) is 0 Å². The van der Waals surface area contributed by atoms with Crippen LogP contribution in [-0.4, -0.2) is 40.0 Å². The largest absolute Gasteiger partial charge is 0.412 e. The highest BCUT2D eigenvalue weighted by Gasteiger charge is 2.57. The van der Waals surface area contributed by atoms with Crippen molar-refractivity contribution in [2.45, 2.75) is 190 Å². The summed E-state index contributed by atoms with van der Waals surface area (Å²) < 4.78 is 0. The molecule has 3 aromatic rings. The van der Waals surface area contributed by atoms with E-state index in [0.717, 1.165) is 101 Å². The lowest BCUT2D eigenvalue weighted by Gasteiger charge is -2.54. The van der Waals surface area contributed by atoms with Crippen molar-refractivity contribution in [3.05, 3.63) is 105 Å². The van der Waals surface area contributed by atoms with Crippen molar-refractivity contribution in [3.63, 3.8) is 0 Å². The molecule has 0 spiro atoms. The molecule has 10 nitrogen and oxygen atoms in total. The van der Waals surface area contributed by atoms with E-state index in [2.05, 4.69) is 87.8 Å². The number of hydrogen-bond donors (Lipinski definition) is 3. The fourth-order valence-electron chi connectivity index (χ4n) is 14.7. The van der Waals surface area contributed by atoms with Gasteiger partial charge in [0.1, 0.15) is 0 Å². The van der Waals surface area contributed by atoms with Crippen LogP contribution in [-0.2, 0) is 54.7 Å². The van der Waals surface area contributed by atoms with E-state index in [1.54, 1.807) is 13.8 Å². The summed E-state index contributed by atoms with van der Waals surface area (Å²) in [6, 6.07) is 21.0. The fourth-order valence-corrected chi connectivity index (χ4v) is 14.7. The Hall–Kier alpha value is -4.24. The van der Waals surface area contributed by atoms with Gasteiger partial charge in [-0.2, -0.15) is 9.90 Å². The van der Waals surface area contributed by atoms with Crippen molar-refractivity contribution in [2.75, 3.05) is 0 Å². The molecule has 3 fully saturated rings. The Morgan fingerprint density at radius 2 is 0.761 bits per heavy atom. The quantitative estimate of drug-likeness (QED) is 0.128. The van der Waals surface area contributed by atoms with Crippen molar-refractivity contribution in [2.24, 2.45) is 51.2 Å². The minimum absolute atomic E-state index is 0. The molecule has 10 unspecified atom stereocenters. The number of halogens is 1. The standard InChI is InChI=1S/2C19H25NO2.C17H23NO.C2H3ClO.2CH4.H2O.H3P/c2*1-12(21)13-5-7-15-14(11-13)6-8-16-18(15,2)9-4-10-19(16,3)17(20)22;1-16-10-5-11-17(2,15(18)19)14(16)9-8-12-6-3-4-7-13(12)16;1-2(3)4;;;;/h2*5,7,11,16H,4,6,8-10H2,1-3H3,(H2,20,22);3-4,6-7,14H,5,8-11H2,1-2H3,(H2,18,19);1H3;2*1H4;1H2;1H3. The molecule has 6 aliphatic rings. The number of nitrogens with two attached hydrogens (primary N) is 3. The Morgan fingerprint density at radius 3 is 1.06 bits per heavy atom. The van der Waals surface area contributed by atoms with Gasteiger partial charge in [0, 0.05) is 34.3 Å². The molecule has 3 aromatic carbocycles. The molecule has 0 heterocycles. The third kappa shape index (κ3) is 11.6. The lowest BCUT2D eigenvalue weighted by atomic mass is 9.49. The molecule has 0 aromatic heterocycles. The lowest BCUT2D eigenvalue weighted by Crippen LogP contribution is -2.54. The molecular formula is C59H89ClN3O7P. The SMILES string of the molecule is C.C.CC(=O)Cl.CC(=O)c1ccc2c(c1)CCC1C(C)(C(N)=O)CCCC21C.CC(=O)c1ccc2c(c1)CCC1C(C)(C(N)=O)CCCC21C.CC1(C(N)=O)CCCC2(C)c3ccccc3CCC12.O.P. The average molecular weight is 1020 g/mol. The van der Waals surface area contributed by atoms with Crippen LogP contribution in [0.15, 0.2) is 60.7 Å². The molecule has 71 heavy (non-hydrogen) atoms. The van der Waals surface area contributed by atoms with Crippen LogP contribution in [0.1, 0.15) is 208 Å². The van der Waals surface area contributed by atoms with Gasteiger partial charge < -0.3 is 22.7 Å². The Labute approximate surface area is 434 Å². The zero-order chi connectivity index (χ0) is 49.5. The van der Waals surface area contributed by atoms with E-state index >= 15 is 0 Å². The third-order valence-corrected chi connectivity index (χ3v) is 18.5. The van der Waals surface area contributed by atoms with Crippen molar-refractivity contribution < 1.29 is 34.2 Å². The predicted octanol–water partition coefficient (Wildman–Crippen LogP) is 11.2. The van der Waals surface area contributed by atoms with Gasteiger partial charge in [-0.3, -0.25) is 28.8 Å². The van der Waals surface area contributed by atoms with Crippen LogP contribution >= 0.6 is 21.5 Å². The first-order valence-corrected chi connectivity index (χ1v) is 25.1. The first-order chi connectivity index (χ1) is 31.3. The summed E-state index contributed by atoms with van der Waals surface area (Å²) in [6.07, 6.45) is 15.2. The fraction of sp³-hybridized carbons (Fsp3) is 0.593. The summed E-state index contributed by atoms with van der Waals surface area (Å²) in [5.41, 5.74) is 25.9. The summed E-state index contributed by atoms with van der Waals surface area (Å²) in [5, 5.41) is -0.361. The Kier molecular flexibility index (Phi) is 21.0. The normalized spacial score (nSPS) is 31.2. The second kappa shape index (κ2) is 23.7. The molecule has 12 heteroatoms. The molecule has 3 amide bonds. The molecule has 8 N–H and O–H groups in total. The molecule has 3 saturated carbocycles. The highest BCUT2D eigenvalue weighted by atomic mass is 35.5. The third-order valence-electron chi connectivity index (χ3n) is 18.5. The van der Waals surface area contributed by atoms with E-state index < -0.39 is 10.8 Å². The molecule has 10 atom stereocenters. The summed E-state index contributed by atoms with van der Waals surface area (Å²) >= 11 is 4.64. The average Bonchev–Trinajstić information content (AvgIpc) is 3.26. The second-order valence-corrected chi connectivity index (χ2v) is 22.9. The maximum atomic E-state index is 12.1. The molecular weight excluding hydrogens is 929 g/mol. The van der Waals surface area contributed by atoms with Gasteiger partial charge >= 0.3 is 0 Å². The van der Waals surface area contributed by atoms with Gasteiger partial charge in [0.15, 0.2) is 11.6 Å². The molecule has 9 rings (SSSR count). The van der Waals surface area contributed by atoms with E-state index in [9.17, 15) is 28.8 Å². The maximum absolute atomic E-state index is 12.1. The number of rotatable bonds is 5. The van der Waals surface area contributed by atoms with Gasteiger partial charge in [-0.25, -0.2) is 0 Å². The van der Waals surface area contributed by atoms with Gasteiger partial charge in [0.25, 0.3) is 0 Å². The number of fused-ring (bicyclic) bond motifs is 9. The summed E-state index contributed by atoms with van der Waals surface area (Å²) in [7, 11) is 0. The number of aryl methyl sites for hydroxylation is 3. The molecule has 6 aliphatic carbocycles. The van der Waals surface area contributed by atoms with Crippen molar-refractivity contribution >= 4 is 56.0 Å². The van der Waals surface area contributed by atoms with Crippen LogP contribution in [0.2, 0.25) is 0 Å². The molecule has 394 valence electrons. The van der Waals surface area contributed by atoms with E-state index in [4.69, 9.17) is 17.2 Å². The highest BCUT2D eigenvalue weighted by Crippen LogP contribution is 2.60. The van der Waals surface area contributed by atoms with Crippen molar-refractivity contribution in [1.82, 2.24) is 0 Å². The molecule has 0 saturated heterocycles. The van der Waals surface area contributed by atoms with E-state index in [1.807, 2.05) is 26.0 Å². The van der Waals surface area contributed by atoms with Crippen LogP contribution in [0, 0.1) is 34.0 Å². The van der Waals surface area contributed by atoms with Crippen LogP contribution in [0.5, 0.6) is 0 Å². The lowest BCUT2D eigenvalue weighted by molar-refractivity contribution is -0.136.